The largest absolute Gasteiger partial charge is 0.379 e. The van der Waals surface area contributed by atoms with Crippen LogP contribution in [0, 0.1) is 0 Å². The Balaban J connectivity index is 1.45. The molecule has 3 heterocycles. The Labute approximate surface area is 187 Å². The smallest absolute Gasteiger partial charge is 0.256 e. The van der Waals surface area contributed by atoms with Crippen molar-refractivity contribution < 1.29 is 17.9 Å². The molecule has 0 saturated carbocycles. The summed E-state index contributed by atoms with van der Waals surface area (Å²) in [7, 11) is -3.58. The first-order chi connectivity index (χ1) is 15.6. The molecule has 166 valence electrons. The molecule has 2 aliphatic rings. The molecule has 0 N–H and O–H groups in total. The zero-order valence-corrected chi connectivity index (χ0v) is 18.3. The van der Waals surface area contributed by atoms with Crippen molar-refractivity contribution in [3.63, 3.8) is 0 Å². The molecule has 2 aliphatic heterocycles. The molecule has 8 nitrogen and oxygen atoms in total. The minimum absolute atomic E-state index is 0.0950. The fourth-order valence-corrected chi connectivity index (χ4v) is 5.79. The molecule has 5 rings (SSSR count). The van der Waals surface area contributed by atoms with E-state index in [0.29, 0.717) is 39.3 Å². The zero-order valence-electron chi connectivity index (χ0n) is 17.5. The van der Waals surface area contributed by atoms with Gasteiger partial charge < -0.3 is 9.64 Å². The van der Waals surface area contributed by atoms with E-state index in [1.807, 2.05) is 30.3 Å². The third kappa shape index (κ3) is 3.72. The number of amides is 1. The van der Waals surface area contributed by atoms with E-state index < -0.39 is 16.1 Å². The van der Waals surface area contributed by atoms with Crippen molar-refractivity contribution in [3.05, 3.63) is 78.1 Å². The number of hydrogen-bond donors (Lipinski definition) is 0. The summed E-state index contributed by atoms with van der Waals surface area (Å²) in [5.41, 5.74) is 2.46. The van der Waals surface area contributed by atoms with Gasteiger partial charge in [-0.15, -0.1) is 0 Å². The fourth-order valence-electron chi connectivity index (χ4n) is 4.33. The molecule has 1 amide bonds. The number of anilines is 1. The van der Waals surface area contributed by atoms with Crippen LogP contribution in [0.4, 0.5) is 5.69 Å². The van der Waals surface area contributed by atoms with Gasteiger partial charge in [0.2, 0.25) is 10.0 Å². The fraction of sp³-hybridized carbons (Fsp3) is 0.304. The minimum Gasteiger partial charge on any atom is -0.379 e. The molecule has 0 spiro atoms. The van der Waals surface area contributed by atoms with Crippen LogP contribution in [0.3, 0.4) is 0 Å². The molecule has 1 unspecified atom stereocenters. The van der Waals surface area contributed by atoms with Crippen LogP contribution in [-0.2, 0) is 26.0 Å². The summed E-state index contributed by atoms with van der Waals surface area (Å²) in [6.45, 7) is 2.01. The lowest BCUT2D eigenvalue weighted by molar-refractivity contribution is -0.120. The molecule has 1 saturated heterocycles. The number of rotatable bonds is 5. The predicted octanol–water partition coefficient (Wildman–Crippen LogP) is 2.08. The van der Waals surface area contributed by atoms with Gasteiger partial charge in [-0.2, -0.15) is 9.40 Å². The molecule has 1 atom stereocenters. The Morgan fingerprint density at radius 2 is 1.78 bits per heavy atom. The summed E-state index contributed by atoms with van der Waals surface area (Å²) in [4.78, 5) is 15.7. The first-order valence-electron chi connectivity index (χ1n) is 10.6. The summed E-state index contributed by atoms with van der Waals surface area (Å²) in [6.07, 6.45) is 4.04. The van der Waals surface area contributed by atoms with Crippen LogP contribution in [0.15, 0.2) is 71.9 Å². The van der Waals surface area contributed by atoms with Gasteiger partial charge in [0.05, 0.1) is 18.1 Å². The normalized spacial score (nSPS) is 17.8. The highest BCUT2D eigenvalue weighted by molar-refractivity contribution is 7.89. The Kier molecular flexibility index (Phi) is 5.54. The number of carbonyl (C=O) groups is 1. The van der Waals surface area contributed by atoms with Gasteiger partial charge in [0.15, 0.2) is 6.04 Å². The van der Waals surface area contributed by atoms with Crippen molar-refractivity contribution in [2.24, 2.45) is 0 Å². The van der Waals surface area contributed by atoms with Gasteiger partial charge >= 0.3 is 0 Å². The van der Waals surface area contributed by atoms with Crippen LogP contribution in [0.25, 0.3) is 0 Å². The quantitative estimate of drug-likeness (QED) is 0.592. The number of carbonyl (C=O) groups excluding carboxylic acids is 1. The van der Waals surface area contributed by atoms with Crippen molar-refractivity contribution >= 4 is 21.6 Å². The van der Waals surface area contributed by atoms with Gasteiger partial charge in [-0.05, 0) is 41.8 Å². The average molecular weight is 453 g/mol. The molecule has 32 heavy (non-hydrogen) atoms. The van der Waals surface area contributed by atoms with Crippen LogP contribution < -0.4 is 4.90 Å². The molecule has 1 fully saturated rings. The molecule has 2 aromatic carbocycles. The minimum atomic E-state index is -3.58. The maximum atomic E-state index is 13.7. The van der Waals surface area contributed by atoms with Gasteiger partial charge in [-0.3, -0.25) is 9.48 Å². The number of fused-ring (bicyclic) bond motifs is 1. The van der Waals surface area contributed by atoms with E-state index in [0.717, 1.165) is 16.8 Å². The summed E-state index contributed by atoms with van der Waals surface area (Å²) < 4.78 is 34.5. The van der Waals surface area contributed by atoms with Crippen LogP contribution in [0.5, 0.6) is 0 Å². The van der Waals surface area contributed by atoms with Gasteiger partial charge in [-0.1, -0.05) is 30.3 Å². The molecule has 0 bridgehead atoms. The van der Waals surface area contributed by atoms with E-state index in [1.54, 1.807) is 46.2 Å². The van der Waals surface area contributed by atoms with E-state index >= 15 is 0 Å². The number of nitrogens with zero attached hydrogens (tertiary/aromatic N) is 4. The van der Waals surface area contributed by atoms with Crippen LogP contribution in [0.2, 0.25) is 0 Å². The summed E-state index contributed by atoms with van der Waals surface area (Å²) in [5, 5.41) is 4.31. The third-order valence-corrected chi connectivity index (χ3v) is 7.85. The second-order valence-corrected chi connectivity index (χ2v) is 9.78. The lowest BCUT2D eigenvalue weighted by Crippen LogP contribution is -2.40. The molecule has 3 aromatic rings. The van der Waals surface area contributed by atoms with Gasteiger partial charge in [-0.25, -0.2) is 8.42 Å². The Hall–Kier alpha value is -3.01. The Morgan fingerprint density at radius 3 is 2.50 bits per heavy atom. The zero-order chi connectivity index (χ0) is 22.1. The summed E-state index contributed by atoms with van der Waals surface area (Å²) in [5.74, 6) is -0.0950. The topological polar surface area (TPSA) is 84.7 Å². The van der Waals surface area contributed by atoms with E-state index in [2.05, 4.69) is 5.10 Å². The summed E-state index contributed by atoms with van der Waals surface area (Å²) in [6, 6.07) is 15.8. The average Bonchev–Trinajstić information content (AvgIpc) is 3.50. The highest BCUT2D eigenvalue weighted by Crippen LogP contribution is 2.34. The maximum Gasteiger partial charge on any atom is 0.256 e. The van der Waals surface area contributed by atoms with Crippen LogP contribution >= 0.6 is 0 Å². The van der Waals surface area contributed by atoms with Crippen LogP contribution in [0.1, 0.15) is 17.2 Å². The first-order valence-corrected chi connectivity index (χ1v) is 12.1. The van der Waals surface area contributed by atoms with Crippen molar-refractivity contribution in [1.82, 2.24) is 14.1 Å². The van der Waals surface area contributed by atoms with Crippen molar-refractivity contribution in [3.8, 4) is 0 Å². The second kappa shape index (κ2) is 8.50. The molecular formula is C23H24N4O4S. The van der Waals surface area contributed by atoms with Crippen molar-refractivity contribution in [2.75, 3.05) is 37.7 Å². The highest BCUT2D eigenvalue weighted by Gasteiger charge is 2.34. The monoisotopic (exact) mass is 452 g/mol. The van der Waals surface area contributed by atoms with E-state index in [9.17, 15) is 13.2 Å². The van der Waals surface area contributed by atoms with Gasteiger partial charge in [0.25, 0.3) is 5.91 Å². The first kappa shape index (κ1) is 20.9. The third-order valence-electron chi connectivity index (χ3n) is 5.96. The van der Waals surface area contributed by atoms with Gasteiger partial charge in [0, 0.05) is 37.7 Å². The van der Waals surface area contributed by atoms with E-state index in [-0.39, 0.29) is 10.8 Å². The molecule has 0 radical (unpaired) electrons. The van der Waals surface area contributed by atoms with Gasteiger partial charge in [0.1, 0.15) is 0 Å². The van der Waals surface area contributed by atoms with E-state index in [1.165, 1.54) is 4.31 Å². The standard InChI is InChI=1S/C23H24N4O4S/c28-23(22(27-11-4-10-24-27)18-5-2-1-3-6-18)26-12-9-19-17-20(7-8-21(19)26)32(29,30)25-13-15-31-16-14-25/h1-8,10-11,17,22H,9,12-16H2. The predicted molar refractivity (Wildman–Crippen MR) is 119 cm³/mol. The van der Waals surface area contributed by atoms with Crippen molar-refractivity contribution in [2.45, 2.75) is 17.4 Å². The lowest BCUT2D eigenvalue weighted by atomic mass is 10.1. The van der Waals surface area contributed by atoms with E-state index in [4.69, 9.17) is 4.74 Å². The Bertz CT molecular complexity index is 1210. The number of ether oxygens (including phenoxy) is 1. The maximum absolute atomic E-state index is 13.7. The SMILES string of the molecule is O=C(C(c1ccccc1)n1cccn1)N1CCc2cc(S(=O)(=O)N3CCOCC3)ccc21. The molecule has 1 aromatic heterocycles. The number of sulfonamides is 1. The lowest BCUT2D eigenvalue weighted by Gasteiger charge is -2.27. The second-order valence-electron chi connectivity index (χ2n) is 7.85. The van der Waals surface area contributed by atoms with Crippen molar-refractivity contribution in [1.29, 1.82) is 0 Å². The number of morpholine rings is 1. The molecule has 9 heteroatoms. The highest BCUT2D eigenvalue weighted by atomic mass is 32.2. The number of benzene rings is 2. The van der Waals surface area contributed by atoms with Crippen LogP contribution in [-0.4, -0.2) is 61.3 Å². The summed E-state index contributed by atoms with van der Waals surface area (Å²) >= 11 is 0. The molecule has 0 aliphatic carbocycles. The Morgan fingerprint density at radius 1 is 1.00 bits per heavy atom. The molecular weight excluding hydrogens is 428 g/mol. The number of aromatic nitrogens is 2. The number of hydrogen-bond acceptors (Lipinski definition) is 5.